The summed E-state index contributed by atoms with van der Waals surface area (Å²) in [6, 6.07) is 8.53. The number of nitrogens with zero attached hydrogens (tertiary/aromatic N) is 4. The Morgan fingerprint density at radius 3 is 2.65 bits per heavy atom. The van der Waals surface area contributed by atoms with Crippen LogP contribution >= 0.6 is 11.6 Å². The van der Waals surface area contributed by atoms with E-state index in [1.807, 2.05) is 38.0 Å². The third-order valence-corrected chi connectivity index (χ3v) is 4.11. The molecule has 2 aromatic heterocycles. The summed E-state index contributed by atoms with van der Waals surface area (Å²) in [6.45, 7) is 0.751. The van der Waals surface area contributed by atoms with Gasteiger partial charge >= 0.3 is 0 Å². The van der Waals surface area contributed by atoms with Crippen LogP contribution in [0.3, 0.4) is 0 Å². The third kappa shape index (κ3) is 3.92. The molecule has 1 aromatic carbocycles. The number of aldehydes is 1. The molecule has 0 radical (unpaired) electrons. The third-order valence-electron chi connectivity index (χ3n) is 3.87. The van der Waals surface area contributed by atoms with Gasteiger partial charge in [-0.1, -0.05) is 11.6 Å². The second-order valence-corrected chi connectivity index (χ2v) is 6.57. The summed E-state index contributed by atoms with van der Waals surface area (Å²) in [4.78, 5) is 22.1. The van der Waals surface area contributed by atoms with Gasteiger partial charge in [-0.3, -0.25) is 9.78 Å². The lowest BCUT2D eigenvalue weighted by Gasteiger charge is -2.11. The van der Waals surface area contributed by atoms with Gasteiger partial charge in [0.15, 0.2) is 6.29 Å². The van der Waals surface area contributed by atoms with Crippen molar-refractivity contribution in [1.82, 2.24) is 19.4 Å². The summed E-state index contributed by atoms with van der Waals surface area (Å²) in [5.41, 5.74) is 2.14. The number of carbonyl (C=O) groups excluding carboxylic acids is 1. The number of aromatic nitrogens is 3. The molecule has 134 valence electrons. The lowest BCUT2D eigenvalue weighted by Crippen LogP contribution is -2.14. The quantitative estimate of drug-likeness (QED) is 0.617. The van der Waals surface area contributed by atoms with Gasteiger partial charge in [0.25, 0.3) is 0 Å². The van der Waals surface area contributed by atoms with Crippen LogP contribution in [-0.2, 0) is 13.6 Å². The number of pyridine rings is 1. The molecule has 0 aliphatic heterocycles. The smallest absolute Gasteiger partial charge is 0.153 e. The Balaban J connectivity index is 1.82. The Morgan fingerprint density at radius 2 is 2.00 bits per heavy atom. The molecule has 0 unspecified atom stereocenters. The first kappa shape index (κ1) is 18.1. The van der Waals surface area contributed by atoms with Gasteiger partial charge in [0, 0.05) is 18.1 Å². The molecular weight excluding hydrogens is 352 g/mol. The van der Waals surface area contributed by atoms with Crippen molar-refractivity contribution >= 4 is 17.9 Å². The minimum Gasteiger partial charge on any atom is -0.455 e. The van der Waals surface area contributed by atoms with Crippen LogP contribution in [0.15, 0.2) is 42.7 Å². The predicted octanol–water partition coefficient (Wildman–Crippen LogP) is 3.80. The first-order chi connectivity index (χ1) is 12.5. The van der Waals surface area contributed by atoms with E-state index in [1.165, 1.54) is 0 Å². The van der Waals surface area contributed by atoms with Crippen LogP contribution < -0.4 is 4.74 Å². The molecule has 3 aromatic rings. The van der Waals surface area contributed by atoms with Gasteiger partial charge in [0.1, 0.15) is 17.3 Å². The molecule has 3 rings (SSSR count). The Hall–Kier alpha value is -2.70. The second-order valence-electron chi connectivity index (χ2n) is 6.14. The Bertz CT molecular complexity index is 920. The maximum absolute atomic E-state index is 11.1. The van der Waals surface area contributed by atoms with Crippen LogP contribution in [0.4, 0.5) is 0 Å². The molecule has 0 aliphatic carbocycles. The van der Waals surface area contributed by atoms with E-state index < -0.39 is 0 Å². The van der Waals surface area contributed by atoms with Crippen LogP contribution in [0.5, 0.6) is 11.5 Å². The first-order valence-electron chi connectivity index (χ1n) is 8.02. The van der Waals surface area contributed by atoms with E-state index in [-0.39, 0.29) is 0 Å². The largest absolute Gasteiger partial charge is 0.455 e. The highest BCUT2D eigenvalue weighted by Gasteiger charge is 2.11. The Kier molecular flexibility index (Phi) is 5.35. The zero-order valence-electron chi connectivity index (χ0n) is 14.8. The fourth-order valence-electron chi connectivity index (χ4n) is 2.53. The highest BCUT2D eigenvalue weighted by molar-refractivity contribution is 6.30. The van der Waals surface area contributed by atoms with Crippen LogP contribution in [0, 0.1) is 0 Å². The maximum atomic E-state index is 11.1. The van der Waals surface area contributed by atoms with Gasteiger partial charge in [0.05, 0.1) is 35.9 Å². The van der Waals surface area contributed by atoms with E-state index in [0.29, 0.717) is 22.1 Å². The summed E-state index contributed by atoms with van der Waals surface area (Å²) in [6.07, 6.45) is 4.15. The standard InChI is InChI=1S/C19H19ClN4O2/c1-23(2)11-19-22-10-17(24(19)3)16-7-6-15(9-21-16)26-18-8-14(20)5-4-13(18)12-25/h4-10,12H,11H2,1-3H3. The van der Waals surface area contributed by atoms with Crippen molar-refractivity contribution in [1.29, 1.82) is 0 Å². The maximum Gasteiger partial charge on any atom is 0.153 e. The molecule has 0 saturated heterocycles. The predicted molar refractivity (Wildman–Crippen MR) is 101 cm³/mol. The zero-order chi connectivity index (χ0) is 18.7. The van der Waals surface area contributed by atoms with Crippen molar-refractivity contribution in [3.63, 3.8) is 0 Å². The average Bonchev–Trinajstić information content (AvgIpc) is 2.96. The summed E-state index contributed by atoms with van der Waals surface area (Å²) in [7, 11) is 5.97. The van der Waals surface area contributed by atoms with Crippen molar-refractivity contribution in [3.8, 4) is 22.9 Å². The minimum absolute atomic E-state index is 0.399. The van der Waals surface area contributed by atoms with Crippen LogP contribution in [0.25, 0.3) is 11.4 Å². The van der Waals surface area contributed by atoms with Crippen molar-refractivity contribution in [2.75, 3.05) is 14.1 Å². The summed E-state index contributed by atoms with van der Waals surface area (Å²) >= 11 is 5.98. The number of carbonyl (C=O) groups is 1. The van der Waals surface area contributed by atoms with Crippen LogP contribution in [0.1, 0.15) is 16.2 Å². The highest BCUT2D eigenvalue weighted by atomic mass is 35.5. The Morgan fingerprint density at radius 1 is 1.19 bits per heavy atom. The lowest BCUT2D eigenvalue weighted by atomic mass is 10.2. The van der Waals surface area contributed by atoms with Gasteiger partial charge in [-0.15, -0.1) is 0 Å². The molecule has 0 N–H and O–H groups in total. The number of benzene rings is 1. The molecule has 0 spiro atoms. The molecule has 6 nitrogen and oxygen atoms in total. The van der Waals surface area contributed by atoms with Gasteiger partial charge in [0.2, 0.25) is 0 Å². The van der Waals surface area contributed by atoms with Gasteiger partial charge in [-0.25, -0.2) is 4.98 Å². The van der Waals surface area contributed by atoms with E-state index in [2.05, 4.69) is 14.9 Å². The fraction of sp³-hybridized carbons (Fsp3) is 0.211. The topological polar surface area (TPSA) is 60.3 Å². The van der Waals surface area contributed by atoms with Gasteiger partial charge in [-0.2, -0.15) is 0 Å². The lowest BCUT2D eigenvalue weighted by molar-refractivity contribution is 0.112. The number of ether oxygens (including phenoxy) is 1. The summed E-state index contributed by atoms with van der Waals surface area (Å²) in [5.74, 6) is 1.88. The number of hydrogen-bond acceptors (Lipinski definition) is 5. The fourth-order valence-corrected chi connectivity index (χ4v) is 2.69. The minimum atomic E-state index is 0.399. The first-order valence-corrected chi connectivity index (χ1v) is 8.40. The molecule has 26 heavy (non-hydrogen) atoms. The van der Waals surface area contributed by atoms with E-state index in [1.54, 1.807) is 30.5 Å². The number of halogens is 1. The van der Waals surface area contributed by atoms with Gasteiger partial charge in [-0.05, 0) is 38.4 Å². The Labute approximate surface area is 157 Å². The van der Waals surface area contributed by atoms with E-state index in [0.717, 1.165) is 30.0 Å². The summed E-state index contributed by atoms with van der Waals surface area (Å²) < 4.78 is 7.77. The van der Waals surface area contributed by atoms with E-state index in [9.17, 15) is 4.79 Å². The van der Waals surface area contributed by atoms with E-state index >= 15 is 0 Å². The SMILES string of the molecule is CN(C)Cc1ncc(-c2ccc(Oc3cc(Cl)ccc3C=O)cn2)n1C. The summed E-state index contributed by atoms with van der Waals surface area (Å²) in [5, 5.41) is 0.499. The zero-order valence-corrected chi connectivity index (χ0v) is 15.6. The van der Waals surface area contributed by atoms with Crippen molar-refractivity contribution in [2.45, 2.75) is 6.54 Å². The molecule has 0 saturated carbocycles. The van der Waals surface area contributed by atoms with Gasteiger partial charge < -0.3 is 14.2 Å². The molecule has 0 bridgehead atoms. The molecule has 0 atom stereocenters. The average molecular weight is 371 g/mol. The normalized spacial score (nSPS) is 11.0. The van der Waals surface area contributed by atoms with Crippen molar-refractivity contribution < 1.29 is 9.53 Å². The number of hydrogen-bond donors (Lipinski definition) is 0. The molecule has 2 heterocycles. The van der Waals surface area contributed by atoms with Crippen molar-refractivity contribution in [2.24, 2.45) is 7.05 Å². The monoisotopic (exact) mass is 370 g/mol. The van der Waals surface area contributed by atoms with E-state index in [4.69, 9.17) is 16.3 Å². The molecule has 0 aliphatic rings. The number of imidazole rings is 1. The molecular formula is C19H19ClN4O2. The molecule has 0 fully saturated rings. The molecule has 0 amide bonds. The highest BCUT2D eigenvalue weighted by Crippen LogP contribution is 2.28. The van der Waals surface area contributed by atoms with Crippen LogP contribution in [-0.4, -0.2) is 39.8 Å². The van der Waals surface area contributed by atoms with Crippen LogP contribution in [0.2, 0.25) is 5.02 Å². The molecule has 7 heteroatoms. The van der Waals surface area contributed by atoms with Crippen molar-refractivity contribution in [3.05, 3.63) is 59.1 Å². The number of rotatable bonds is 6. The second kappa shape index (κ2) is 7.68.